The van der Waals surface area contributed by atoms with Gasteiger partial charge in [-0.1, -0.05) is 46.1 Å². The van der Waals surface area contributed by atoms with Crippen molar-refractivity contribution in [2.45, 2.75) is 59.9 Å². The minimum atomic E-state index is 0.651. The van der Waals surface area contributed by atoms with Crippen LogP contribution in [-0.4, -0.2) is 18.1 Å². The number of ether oxygens (including phenoxy) is 1. The Morgan fingerprint density at radius 2 is 2.05 bits per heavy atom. The predicted octanol–water partition coefficient (Wildman–Crippen LogP) is 4.09. The number of nitrogens with zero attached hydrogens (tertiary/aromatic N) is 1. The third-order valence-corrected chi connectivity index (χ3v) is 3.75. The molecule has 0 saturated heterocycles. The molecule has 0 bridgehead atoms. The standard InChI is InChI=1S/C17H30N2O/c1-5-8-9-15(6-2)13-20-17-11-10-16(12-18-7-3)14(4)19-17/h10-11,15,18H,5-9,12-13H2,1-4H3. The molecule has 1 heterocycles. The van der Waals surface area contributed by atoms with Gasteiger partial charge < -0.3 is 10.1 Å². The number of hydrogen-bond acceptors (Lipinski definition) is 3. The molecule has 3 nitrogen and oxygen atoms in total. The number of pyridine rings is 1. The molecule has 0 aliphatic carbocycles. The van der Waals surface area contributed by atoms with Gasteiger partial charge in [-0.25, -0.2) is 4.98 Å². The zero-order valence-corrected chi connectivity index (χ0v) is 13.5. The second-order valence-electron chi connectivity index (χ2n) is 5.40. The normalized spacial score (nSPS) is 12.4. The van der Waals surface area contributed by atoms with Crippen LogP contribution in [0.3, 0.4) is 0 Å². The van der Waals surface area contributed by atoms with Gasteiger partial charge in [0.2, 0.25) is 5.88 Å². The highest BCUT2D eigenvalue weighted by molar-refractivity contribution is 5.24. The highest BCUT2D eigenvalue weighted by atomic mass is 16.5. The summed E-state index contributed by atoms with van der Waals surface area (Å²) in [6, 6.07) is 4.11. The molecule has 0 fully saturated rings. The molecule has 0 radical (unpaired) electrons. The van der Waals surface area contributed by atoms with E-state index in [4.69, 9.17) is 4.74 Å². The van der Waals surface area contributed by atoms with E-state index in [-0.39, 0.29) is 0 Å². The van der Waals surface area contributed by atoms with E-state index in [2.05, 4.69) is 37.1 Å². The summed E-state index contributed by atoms with van der Waals surface area (Å²) in [7, 11) is 0. The monoisotopic (exact) mass is 278 g/mol. The summed E-state index contributed by atoms with van der Waals surface area (Å²) >= 11 is 0. The van der Waals surface area contributed by atoms with Gasteiger partial charge in [0.25, 0.3) is 0 Å². The van der Waals surface area contributed by atoms with Crippen LogP contribution in [0.15, 0.2) is 12.1 Å². The summed E-state index contributed by atoms with van der Waals surface area (Å²) in [6.07, 6.45) is 4.98. The Bertz CT molecular complexity index is 379. The Hall–Kier alpha value is -1.09. The third kappa shape index (κ3) is 5.91. The maximum absolute atomic E-state index is 5.86. The van der Waals surface area contributed by atoms with Gasteiger partial charge in [0.1, 0.15) is 0 Å². The molecule has 1 unspecified atom stereocenters. The second-order valence-corrected chi connectivity index (χ2v) is 5.40. The van der Waals surface area contributed by atoms with Crippen LogP contribution in [0.25, 0.3) is 0 Å². The quantitative estimate of drug-likeness (QED) is 0.700. The number of unbranched alkanes of at least 4 members (excludes halogenated alkanes) is 1. The Balaban J connectivity index is 2.49. The van der Waals surface area contributed by atoms with Crippen LogP contribution in [0.1, 0.15) is 57.7 Å². The van der Waals surface area contributed by atoms with Crippen molar-refractivity contribution in [3.63, 3.8) is 0 Å². The SMILES string of the molecule is CCCCC(CC)COc1ccc(CNCC)c(C)n1. The van der Waals surface area contributed by atoms with Crippen molar-refractivity contribution >= 4 is 0 Å². The number of aryl methyl sites for hydroxylation is 1. The van der Waals surface area contributed by atoms with Crippen LogP contribution in [0.5, 0.6) is 5.88 Å². The molecular formula is C17H30N2O. The van der Waals surface area contributed by atoms with E-state index in [1.165, 1.54) is 31.2 Å². The largest absolute Gasteiger partial charge is 0.477 e. The molecule has 0 aliphatic heterocycles. The van der Waals surface area contributed by atoms with Crippen LogP contribution in [-0.2, 0) is 6.54 Å². The van der Waals surface area contributed by atoms with E-state index in [1.54, 1.807) is 0 Å². The highest BCUT2D eigenvalue weighted by Crippen LogP contribution is 2.17. The fraction of sp³-hybridized carbons (Fsp3) is 0.706. The maximum atomic E-state index is 5.86. The highest BCUT2D eigenvalue weighted by Gasteiger charge is 2.08. The summed E-state index contributed by atoms with van der Waals surface area (Å²) in [5.41, 5.74) is 2.31. The number of aromatic nitrogens is 1. The topological polar surface area (TPSA) is 34.1 Å². The lowest BCUT2D eigenvalue weighted by atomic mass is 10.0. The zero-order valence-electron chi connectivity index (χ0n) is 13.5. The third-order valence-electron chi connectivity index (χ3n) is 3.75. The number of hydrogen-bond donors (Lipinski definition) is 1. The minimum Gasteiger partial charge on any atom is -0.477 e. The Kier molecular flexibility index (Phi) is 8.28. The first kappa shape index (κ1) is 17.0. The van der Waals surface area contributed by atoms with E-state index in [0.717, 1.165) is 31.3 Å². The molecule has 1 aromatic rings. The van der Waals surface area contributed by atoms with Gasteiger partial charge in [-0.3, -0.25) is 0 Å². The van der Waals surface area contributed by atoms with Gasteiger partial charge in [-0.15, -0.1) is 0 Å². The molecule has 1 N–H and O–H groups in total. The van der Waals surface area contributed by atoms with Crippen molar-refractivity contribution < 1.29 is 4.74 Å². The van der Waals surface area contributed by atoms with Gasteiger partial charge in [-0.2, -0.15) is 0 Å². The average molecular weight is 278 g/mol. The van der Waals surface area contributed by atoms with Crippen molar-refractivity contribution in [2.24, 2.45) is 5.92 Å². The number of rotatable bonds is 10. The first-order chi connectivity index (χ1) is 9.71. The first-order valence-corrected chi connectivity index (χ1v) is 8.01. The Labute approximate surface area is 124 Å². The van der Waals surface area contributed by atoms with Crippen molar-refractivity contribution in [3.8, 4) is 5.88 Å². The van der Waals surface area contributed by atoms with E-state index < -0.39 is 0 Å². The van der Waals surface area contributed by atoms with E-state index in [0.29, 0.717) is 5.92 Å². The van der Waals surface area contributed by atoms with Crippen molar-refractivity contribution in [1.82, 2.24) is 10.3 Å². The first-order valence-electron chi connectivity index (χ1n) is 8.01. The second kappa shape index (κ2) is 9.76. The van der Waals surface area contributed by atoms with Crippen molar-refractivity contribution in [2.75, 3.05) is 13.2 Å². The number of nitrogens with one attached hydrogen (secondary N) is 1. The molecule has 3 heteroatoms. The summed E-state index contributed by atoms with van der Waals surface area (Å²) in [5.74, 6) is 1.41. The van der Waals surface area contributed by atoms with Crippen LogP contribution in [0.2, 0.25) is 0 Å². The van der Waals surface area contributed by atoms with Crippen molar-refractivity contribution in [3.05, 3.63) is 23.4 Å². The molecule has 1 atom stereocenters. The van der Waals surface area contributed by atoms with Gasteiger partial charge in [-0.05, 0) is 31.4 Å². The summed E-state index contributed by atoms with van der Waals surface area (Å²) < 4.78 is 5.86. The van der Waals surface area contributed by atoms with E-state index in [1.807, 2.05) is 13.0 Å². The summed E-state index contributed by atoms with van der Waals surface area (Å²) in [6.45, 7) is 11.3. The smallest absolute Gasteiger partial charge is 0.213 e. The van der Waals surface area contributed by atoms with E-state index >= 15 is 0 Å². The van der Waals surface area contributed by atoms with Crippen LogP contribution in [0.4, 0.5) is 0 Å². The van der Waals surface area contributed by atoms with Crippen LogP contribution in [0, 0.1) is 12.8 Å². The van der Waals surface area contributed by atoms with Crippen LogP contribution >= 0.6 is 0 Å². The van der Waals surface area contributed by atoms with Gasteiger partial charge in [0, 0.05) is 18.3 Å². The average Bonchev–Trinajstić information content (AvgIpc) is 2.46. The lowest BCUT2D eigenvalue weighted by molar-refractivity contribution is 0.225. The van der Waals surface area contributed by atoms with E-state index in [9.17, 15) is 0 Å². The Morgan fingerprint density at radius 3 is 2.65 bits per heavy atom. The van der Waals surface area contributed by atoms with Gasteiger partial charge in [0.15, 0.2) is 0 Å². The Morgan fingerprint density at radius 1 is 1.25 bits per heavy atom. The fourth-order valence-electron chi connectivity index (χ4n) is 2.20. The fourth-order valence-corrected chi connectivity index (χ4v) is 2.20. The molecule has 114 valence electrons. The molecule has 0 aliphatic rings. The minimum absolute atomic E-state index is 0.651. The lowest BCUT2D eigenvalue weighted by Crippen LogP contribution is -2.14. The van der Waals surface area contributed by atoms with Gasteiger partial charge >= 0.3 is 0 Å². The van der Waals surface area contributed by atoms with Crippen LogP contribution < -0.4 is 10.1 Å². The zero-order chi connectivity index (χ0) is 14.8. The molecular weight excluding hydrogens is 248 g/mol. The molecule has 0 amide bonds. The predicted molar refractivity (Wildman–Crippen MR) is 85.2 cm³/mol. The molecule has 0 spiro atoms. The molecule has 1 aromatic heterocycles. The molecule has 0 saturated carbocycles. The van der Waals surface area contributed by atoms with Crippen molar-refractivity contribution in [1.29, 1.82) is 0 Å². The van der Waals surface area contributed by atoms with Gasteiger partial charge in [0.05, 0.1) is 6.61 Å². The molecule has 1 rings (SSSR count). The molecule has 20 heavy (non-hydrogen) atoms. The summed E-state index contributed by atoms with van der Waals surface area (Å²) in [4.78, 5) is 4.55. The maximum Gasteiger partial charge on any atom is 0.213 e. The molecule has 0 aromatic carbocycles. The summed E-state index contributed by atoms with van der Waals surface area (Å²) in [5, 5.41) is 3.33. The lowest BCUT2D eigenvalue weighted by Gasteiger charge is -2.15.